The molecule has 1 fully saturated rings. The molecule has 0 aromatic heterocycles. The van der Waals surface area contributed by atoms with E-state index in [9.17, 15) is 8.42 Å². The molecule has 1 aliphatic carbocycles. The number of hydrogen-bond donors (Lipinski definition) is 1. The number of sulfonamides is 1. The van der Waals surface area contributed by atoms with Crippen LogP contribution in [-0.4, -0.2) is 26.9 Å². The van der Waals surface area contributed by atoms with Crippen molar-refractivity contribution in [2.45, 2.75) is 60.0 Å². The Morgan fingerprint density at radius 3 is 2.35 bits per heavy atom. The first-order valence-corrected chi connectivity index (χ1v) is 9.32. The molecule has 0 aromatic carbocycles. The van der Waals surface area contributed by atoms with Crippen LogP contribution in [0.4, 0.5) is 0 Å². The number of rotatable bonds is 6. The summed E-state index contributed by atoms with van der Waals surface area (Å²) in [6.07, 6.45) is 3.61. The predicted molar refractivity (Wildman–Crippen MR) is 82.8 cm³/mol. The minimum atomic E-state index is -3.43. The van der Waals surface area contributed by atoms with Gasteiger partial charge < -0.3 is 4.74 Å². The molecule has 0 aromatic rings. The molecule has 2 N–H and O–H groups in total. The molecule has 5 heteroatoms. The van der Waals surface area contributed by atoms with Crippen molar-refractivity contribution in [3.05, 3.63) is 0 Å². The molecule has 0 heterocycles. The molecule has 1 saturated carbocycles. The van der Waals surface area contributed by atoms with Gasteiger partial charge in [-0.3, -0.25) is 0 Å². The Kier molecular flexibility index (Phi) is 6.05. The van der Waals surface area contributed by atoms with E-state index in [0.29, 0.717) is 17.9 Å². The Balaban J connectivity index is 2.55. The summed E-state index contributed by atoms with van der Waals surface area (Å²) in [5.74, 6) is 0.906. The summed E-state index contributed by atoms with van der Waals surface area (Å²) < 4.78 is 28.6. The van der Waals surface area contributed by atoms with Gasteiger partial charge in [0.2, 0.25) is 10.0 Å². The largest absolute Gasteiger partial charge is 0.378 e. The fourth-order valence-corrected chi connectivity index (χ4v) is 4.45. The van der Waals surface area contributed by atoms with Crippen LogP contribution in [0.15, 0.2) is 0 Å². The zero-order valence-corrected chi connectivity index (χ0v) is 14.4. The lowest BCUT2D eigenvalue weighted by Gasteiger charge is -2.39. The minimum Gasteiger partial charge on any atom is -0.378 e. The van der Waals surface area contributed by atoms with E-state index in [1.54, 1.807) is 0 Å². The first-order chi connectivity index (χ1) is 8.98. The molecule has 0 aliphatic heterocycles. The molecule has 3 unspecified atom stereocenters. The fraction of sp³-hybridized carbons (Fsp3) is 1.00. The van der Waals surface area contributed by atoms with E-state index in [1.807, 2.05) is 13.8 Å². The van der Waals surface area contributed by atoms with Gasteiger partial charge in [0, 0.05) is 0 Å². The van der Waals surface area contributed by atoms with E-state index < -0.39 is 10.0 Å². The Bertz CT molecular complexity index is 403. The third-order valence-corrected chi connectivity index (χ3v) is 5.17. The van der Waals surface area contributed by atoms with Crippen LogP contribution < -0.4 is 5.14 Å². The average molecular weight is 305 g/mol. The van der Waals surface area contributed by atoms with E-state index in [1.165, 1.54) is 6.42 Å². The van der Waals surface area contributed by atoms with Crippen molar-refractivity contribution in [2.75, 3.05) is 12.4 Å². The molecule has 0 amide bonds. The molecular weight excluding hydrogens is 274 g/mol. The maximum atomic E-state index is 11.3. The highest BCUT2D eigenvalue weighted by molar-refractivity contribution is 7.89. The van der Waals surface area contributed by atoms with E-state index in [0.717, 1.165) is 12.8 Å². The summed E-state index contributed by atoms with van der Waals surface area (Å²) in [6, 6.07) is 0. The molecule has 0 bridgehead atoms. The van der Waals surface area contributed by atoms with E-state index >= 15 is 0 Å². The topological polar surface area (TPSA) is 69.4 Å². The van der Waals surface area contributed by atoms with Gasteiger partial charge in [-0.15, -0.1) is 0 Å². The first-order valence-electron chi connectivity index (χ1n) is 7.60. The van der Waals surface area contributed by atoms with Crippen molar-refractivity contribution in [3.8, 4) is 0 Å². The molecule has 1 rings (SSSR count). The SMILES string of the molecule is CC1CC(OCC(CS(N)(=O)=O)C(C)C)CC(C)(C)C1. The van der Waals surface area contributed by atoms with Crippen LogP contribution in [0.3, 0.4) is 0 Å². The summed E-state index contributed by atoms with van der Waals surface area (Å²) in [4.78, 5) is 0. The second-order valence-corrected chi connectivity index (χ2v) is 9.36. The number of nitrogens with two attached hydrogens (primary N) is 1. The Labute approximate surface area is 124 Å². The standard InChI is InChI=1S/C15H31NO3S/c1-11(2)13(10-20(16,17)18)9-19-14-6-12(3)7-15(4,5)8-14/h11-14H,6-10H2,1-5H3,(H2,16,17,18). The van der Waals surface area contributed by atoms with Crippen molar-refractivity contribution >= 4 is 10.0 Å². The lowest BCUT2D eigenvalue weighted by molar-refractivity contribution is -0.0387. The Morgan fingerprint density at radius 2 is 1.90 bits per heavy atom. The van der Waals surface area contributed by atoms with Crippen LogP contribution in [0.25, 0.3) is 0 Å². The van der Waals surface area contributed by atoms with Crippen molar-refractivity contribution in [3.63, 3.8) is 0 Å². The molecule has 0 radical (unpaired) electrons. The smallest absolute Gasteiger partial charge is 0.209 e. The summed E-state index contributed by atoms with van der Waals surface area (Å²) in [5.41, 5.74) is 0.315. The van der Waals surface area contributed by atoms with Gasteiger partial charge >= 0.3 is 0 Å². The third kappa shape index (κ3) is 6.55. The normalized spacial score (nSPS) is 28.6. The second kappa shape index (κ2) is 6.75. The van der Waals surface area contributed by atoms with Crippen LogP contribution in [0, 0.1) is 23.2 Å². The lowest BCUT2D eigenvalue weighted by atomic mass is 9.71. The molecule has 120 valence electrons. The van der Waals surface area contributed by atoms with Crippen LogP contribution in [0.2, 0.25) is 0 Å². The predicted octanol–water partition coefficient (Wildman–Crippen LogP) is 2.78. The molecule has 0 saturated heterocycles. The molecule has 20 heavy (non-hydrogen) atoms. The summed E-state index contributed by atoms with van der Waals surface area (Å²) in [7, 11) is -3.43. The van der Waals surface area contributed by atoms with Gasteiger partial charge in [-0.25, -0.2) is 13.6 Å². The van der Waals surface area contributed by atoms with Crippen molar-refractivity contribution in [2.24, 2.45) is 28.3 Å². The second-order valence-electron chi connectivity index (χ2n) is 7.70. The lowest BCUT2D eigenvalue weighted by Crippen LogP contribution is -2.35. The zero-order valence-electron chi connectivity index (χ0n) is 13.6. The average Bonchev–Trinajstić information content (AvgIpc) is 2.19. The highest BCUT2D eigenvalue weighted by atomic mass is 32.2. The van der Waals surface area contributed by atoms with Gasteiger partial charge in [0.1, 0.15) is 0 Å². The minimum absolute atomic E-state index is 0.0103. The highest BCUT2D eigenvalue weighted by Crippen LogP contribution is 2.39. The molecule has 3 atom stereocenters. The number of primary sulfonamides is 1. The Morgan fingerprint density at radius 1 is 1.30 bits per heavy atom. The number of ether oxygens (including phenoxy) is 1. The summed E-state index contributed by atoms with van der Waals surface area (Å²) in [5, 5.41) is 5.16. The van der Waals surface area contributed by atoms with Gasteiger partial charge in [0.15, 0.2) is 0 Å². The van der Waals surface area contributed by atoms with E-state index in [-0.39, 0.29) is 23.7 Å². The third-order valence-electron chi connectivity index (χ3n) is 4.28. The van der Waals surface area contributed by atoms with Crippen LogP contribution in [0.5, 0.6) is 0 Å². The first kappa shape index (κ1) is 17.9. The number of hydrogen-bond acceptors (Lipinski definition) is 3. The monoisotopic (exact) mass is 305 g/mol. The maximum absolute atomic E-state index is 11.3. The summed E-state index contributed by atoms with van der Waals surface area (Å²) in [6.45, 7) is 11.4. The molecular formula is C15H31NO3S. The van der Waals surface area contributed by atoms with E-state index in [4.69, 9.17) is 9.88 Å². The van der Waals surface area contributed by atoms with Crippen LogP contribution in [0.1, 0.15) is 53.9 Å². The molecule has 4 nitrogen and oxygen atoms in total. The zero-order chi connectivity index (χ0) is 15.6. The van der Waals surface area contributed by atoms with Gasteiger partial charge in [-0.05, 0) is 42.4 Å². The van der Waals surface area contributed by atoms with Gasteiger partial charge in [-0.2, -0.15) is 0 Å². The summed E-state index contributed by atoms with van der Waals surface area (Å²) >= 11 is 0. The fourth-order valence-electron chi connectivity index (χ4n) is 3.38. The quantitative estimate of drug-likeness (QED) is 0.820. The van der Waals surface area contributed by atoms with Gasteiger partial charge in [0.25, 0.3) is 0 Å². The van der Waals surface area contributed by atoms with Crippen LogP contribution >= 0.6 is 0 Å². The van der Waals surface area contributed by atoms with Crippen molar-refractivity contribution in [1.29, 1.82) is 0 Å². The van der Waals surface area contributed by atoms with Crippen LogP contribution in [-0.2, 0) is 14.8 Å². The van der Waals surface area contributed by atoms with Crippen molar-refractivity contribution < 1.29 is 13.2 Å². The Hall–Kier alpha value is -0.130. The highest BCUT2D eigenvalue weighted by Gasteiger charge is 2.33. The maximum Gasteiger partial charge on any atom is 0.209 e. The van der Waals surface area contributed by atoms with Crippen molar-refractivity contribution in [1.82, 2.24) is 0 Å². The van der Waals surface area contributed by atoms with Gasteiger partial charge in [0.05, 0.1) is 18.5 Å². The van der Waals surface area contributed by atoms with Gasteiger partial charge in [-0.1, -0.05) is 34.6 Å². The molecule has 0 spiro atoms. The van der Waals surface area contributed by atoms with E-state index in [2.05, 4.69) is 20.8 Å². The molecule has 1 aliphatic rings.